The number of hydrogen-bond donors (Lipinski definition) is 1. The number of aromatic nitrogens is 1. The summed E-state index contributed by atoms with van der Waals surface area (Å²) in [6, 6.07) is 0. The first-order valence-corrected chi connectivity index (χ1v) is 7.10. The second-order valence-electron chi connectivity index (χ2n) is 6.10. The van der Waals surface area contributed by atoms with Crippen LogP contribution in [0.2, 0.25) is 0 Å². The molecule has 1 aliphatic rings. The molecule has 0 unspecified atom stereocenters. The number of rotatable bonds is 3. The molecule has 0 bridgehead atoms. The van der Waals surface area contributed by atoms with E-state index in [0.29, 0.717) is 0 Å². The van der Waals surface area contributed by atoms with Gasteiger partial charge in [0.05, 0.1) is 17.8 Å². The third-order valence-electron chi connectivity index (χ3n) is 3.37. The fourth-order valence-electron chi connectivity index (χ4n) is 2.04. The van der Waals surface area contributed by atoms with Crippen molar-refractivity contribution in [3.8, 4) is 0 Å². The molecule has 0 spiro atoms. The number of nitrogens with zero attached hydrogens (tertiary/aromatic N) is 2. The Kier molecular flexibility index (Phi) is 3.31. The minimum Gasteiger partial charge on any atom is -0.387 e. The average molecular weight is 254 g/mol. The van der Waals surface area contributed by atoms with Gasteiger partial charge in [-0.05, 0) is 6.42 Å². The molecule has 0 atom stereocenters. The van der Waals surface area contributed by atoms with Crippen LogP contribution in [-0.4, -0.2) is 33.7 Å². The van der Waals surface area contributed by atoms with Gasteiger partial charge in [0.15, 0.2) is 0 Å². The molecule has 1 aliphatic heterocycles. The average Bonchev–Trinajstić information content (AvgIpc) is 2.63. The van der Waals surface area contributed by atoms with Crippen molar-refractivity contribution in [2.75, 3.05) is 13.1 Å². The molecule has 0 saturated carbocycles. The van der Waals surface area contributed by atoms with Gasteiger partial charge in [0.1, 0.15) is 5.01 Å². The number of thiazole rings is 1. The van der Waals surface area contributed by atoms with Crippen LogP contribution in [0.15, 0.2) is 5.38 Å². The number of aliphatic hydroxyl groups is 1. The van der Waals surface area contributed by atoms with E-state index >= 15 is 0 Å². The van der Waals surface area contributed by atoms with Gasteiger partial charge in [0.2, 0.25) is 0 Å². The maximum atomic E-state index is 9.94. The fourth-order valence-corrected chi connectivity index (χ4v) is 3.10. The molecule has 2 rings (SSSR count). The lowest BCUT2D eigenvalue weighted by Crippen LogP contribution is -2.60. The van der Waals surface area contributed by atoms with E-state index in [4.69, 9.17) is 0 Å². The van der Waals surface area contributed by atoms with E-state index < -0.39 is 5.60 Å². The van der Waals surface area contributed by atoms with Crippen molar-refractivity contribution in [1.29, 1.82) is 0 Å². The van der Waals surface area contributed by atoms with Crippen LogP contribution < -0.4 is 0 Å². The Bertz CT molecular complexity index is 388. The van der Waals surface area contributed by atoms with Crippen molar-refractivity contribution >= 4 is 11.3 Å². The summed E-state index contributed by atoms with van der Waals surface area (Å²) in [5.41, 5.74) is 0.863. The van der Waals surface area contributed by atoms with Crippen LogP contribution in [0.5, 0.6) is 0 Å². The summed E-state index contributed by atoms with van der Waals surface area (Å²) in [6.45, 7) is 11.0. The molecule has 0 radical (unpaired) electrons. The highest BCUT2D eigenvalue weighted by molar-refractivity contribution is 7.09. The number of hydrogen-bond acceptors (Lipinski definition) is 4. The predicted octanol–water partition coefficient (Wildman–Crippen LogP) is 2.40. The SMILES string of the molecule is CCC1(O)CN(Cc2nc(C(C)(C)C)cs2)C1. The van der Waals surface area contributed by atoms with Gasteiger partial charge in [-0.2, -0.15) is 0 Å². The summed E-state index contributed by atoms with van der Waals surface area (Å²) in [4.78, 5) is 6.93. The van der Waals surface area contributed by atoms with Crippen molar-refractivity contribution < 1.29 is 5.11 Å². The van der Waals surface area contributed by atoms with Crippen molar-refractivity contribution in [3.05, 3.63) is 16.1 Å². The van der Waals surface area contributed by atoms with E-state index in [9.17, 15) is 5.11 Å². The van der Waals surface area contributed by atoms with Gasteiger partial charge in [-0.25, -0.2) is 4.98 Å². The summed E-state index contributed by atoms with van der Waals surface area (Å²) in [5.74, 6) is 0. The largest absolute Gasteiger partial charge is 0.387 e. The van der Waals surface area contributed by atoms with Crippen LogP contribution in [0.25, 0.3) is 0 Å². The Morgan fingerprint density at radius 3 is 2.59 bits per heavy atom. The smallest absolute Gasteiger partial charge is 0.107 e. The van der Waals surface area contributed by atoms with Crippen molar-refractivity contribution in [3.63, 3.8) is 0 Å². The van der Waals surface area contributed by atoms with E-state index in [1.807, 2.05) is 6.92 Å². The predicted molar refractivity (Wildman–Crippen MR) is 71.3 cm³/mol. The third-order valence-corrected chi connectivity index (χ3v) is 4.21. The Morgan fingerprint density at radius 2 is 2.12 bits per heavy atom. The molecule has 3 nitrogen and oxygen atoms in total. The zero-order valence-corrected chi connectivity index (χ0v) is 12.0. The first kappa shape index (κ1) is 13.0. The summed E-state index contributed by atoms with van der Waals surface area (Å²) >= 11 is 1.73. The van der Waals surface area contributed by atoms with Gasteiger partial charge in [-0.3, -0.25) is 4.90 Å². The van der Waals surface area contributed by atoms with E-state index in [2.05, 4.69) is 36.0 Å². The van der Waals surface area contributed by atoms with Crippen molar-refractivity contribution in [2.45, 2.75) is 51.7 Å². The van der Waals surface area contributed by atoms with E-state index in [0.717, 1.165) is 31.1 Å². The van der Waals surface area contributed by atoms with Gasteiger partial charge >= 0.3 is 0 Å². The van der Waals surface area contributed by atoms with Crippen LogP contribution in [0, 0.1) is 0 Å². The lowest BCUT2D eigenvalue weighted by Gasteiger charge is -2.45. The fraction of sp³-hybridized carbons (Fsp3) is 0.769. The zero-order valence-electron chi connectivity index (χ0n) is 11.2. The quantitative estimate of drug-likeness (QED) is 0.900. The molecule has 1 aromatic rings. The monoisotopic (exact) mass is 254 g/mol. The van der Waals surface area contributed by atoms with Crippen LogP contribution in [-0.2, 0) is 12.0 Å². The summed E-state index contributed by atoms with van der Waals surface area (Å²) < 4.78 is 0. The number of β-amino-alcohol motifs (C(OH)–C–C–N with tert-alkyl or cyclic N) is 1. The van der Waals surface area contributed by atoms with Crippen molar-refractivity contribution in [2.24, 2.45) is 0 Å². The summed E-state index contributed by atoms with van der Waals surface area (Å²) in [5, 5.41) is 13.3. The van der Waals surface area contributed by atoms with Crippen LogP contribution in [0.3, 0.4) is 0 Å². The van der Waals surface area contributed by atoms with E-state index in [-0.39, 0.29) is 5.41 Å². The molecular weight excluding hydrogens is 232 g/mol. The van der Waals surface area contributed by atoms with Gasteiger partial charge in [0, 0.05) is 23.9 Å². The molecule has 1 saturated heterocycles. The third kappa shape index (κ3) is 2.87. The molecular formula is C13H22N2OS. The molecule has 2 heterocycles. The molecule has 96 valence electrons. The lowest BCUT2D eigenvalue weighted by atomic mass is 9.91. The Morgan fingerprint density at radius 1 is 1.47 bits per heavy atom. The number of likely N-dealkylation sites (tertiary alicyclic amines) is 1. The highest BCUT2D eigenvalue weighted by Crippen LogP contribution is 2.28. The van der Waals surface area contributed by atoms with Gasteiger partial charge < -0.3 is 5.11 Å². The maximum Gasteiger partial charge on any atom is 0.107 e. The van der Waals surface area contributed by atoms with Gasteiger partial charge in [-0.1, -0.05) is 27.7 Å². The molecule has 17 heavy (non-hydrogen) atoms. The lowest BCUT2D eigenvalue weighted by molar-refractivity contribution is -0.103. The molecule has 1 fully saturated rings. The first-order valence-electron chi connectivity index (χ1n) is 6.22. The highest BCUT2D eigenvalue weighted by atomic mass is 32.1. The topological polar surface area (TPSA) is 36.4 Å². The second kappa shape index (κ2) is 4.34. The molecule has 0 amide bonds. The Balaban J connectivity index is 1.91. The molecule has 0 aromatic carbocycles. The van der Waals surface area contributed by atoms with Crippen LogP contribution in [0.1, 0.15) is 44.8 Å². The van der Waals surface area contributed by atoms with E-state index in [1.165, 1.54) is 5.69 Å². The van der Waals surface area contributed by atoms with Gasteiger partial charge in [-0.15, -0.1) is 11.3 Å². The second-order valence-corrected chi connectivity index (χ2v) is 7.04. The zero-order chi connectivity index (χ0) is 12.7. The minimum absolute atomic E-state index is 0.133. The normalized spacial score (nSPS) is 20.3. The molecule has 0 aliphatic carbocycles. The Labute approximate surface area is 107 Å². The standard InChI is InChI=1S/C13H22N2OS/c1-5-13(16)8-15(9-13)6-11-14-10(7-17-11)12(2,3)4/h7,16H,5-6,8-9H2,1-4H3. The summed E-state index contributed by atoms with van der Waals surface area (Å²) in [7, 11) is 0. The molecule has 1 aromatic heterocycles. The first-order chi connectivity index (χ1) is 7.82. The maximum absolute atomic E-state index is 9.94. The van der Waals surface area contributed by atoms with E-state index in [1.54, 1.807) is 11.3 Å². The molecule has 4 heteroatoms. The minimum atomic E-state index is -0.440. The van der Waals surface area contributed by atoms with Gasteiger partial charge in [0.25, 0.3) is 0 Å². The van der Waals surface area contributed by atoms with Crippen LogP contribution in [0.4, 0.5) is 0 Å². The Hall–Kier alpha value is -0.450. The summed E-state index contributed by atoms with van der Waals surface area (Å²) in [6.07, 6.45) is 0.842. The molecule has 1 N–H and O–H groups in total. The van der Waals surface area contributed by atoms with Crippen LogP contribution >= 0.6 is 11.3 Å². The van der Waals surface area contributed by atoms with Crippen molar-refractivity contribution in [1.82, 2.24) is 9.88 Å². The highest BCUT2D eigenvalue weighted by Gasteiger charge is 2.39.